The Labute approximate surface area is 139 Å². The number of hydrogen-bond donors (Lipinski definition) is 2. The van der Waals surface area contributed by atoms with Crippen LogP contribution >= 0.6 is 11.6 Å². The Kier molecular flexibility index (Phi) is 6.00. The molecule has 2 rings (SSSR count). The lowest BCUT2D eigenvalue weighted by atomic mass is 10.2. The highest BCUT2D eigenvalue weighted by atomic mass is 35.5. The van der Waals surface area contributed by atoms with Gasteiger partial charge in [0.2, 0.25) is 0 Å². The van der Waals surface area contributed by atoms with E-state index in [4.69, 9.17) is 16.3 Å². The third-order valence-corrected chi connectivity index (χ3v) is 3.38. The molecular formula is C17H17ClN2O3. The molecule has 2 N–H and O–H groups in total. The summed E-state index contributed by atoms with van der Waals surface area (Å²) in [6.45, 7) is 1.87. The zero-order chi connectivity index (χ0) is 16.7. The van der Waals surface area contributed by atoms with Gasteiger partial charge in [-0.1, -0.05) is 30.7 Å². The first-order valence-electron chi connectivity index (χ1n) is 7.15. The molecule has 23 heavy (non-hydrogen) atoms. The molecule has 0 aliphatic heterocycles. The number of carbonyl (C=O) groups is 2. The number of hydrazine groups is 1. The highest BCUT2D eigenvalue weighted by molar-refractivity contribution is 6.30. The maximum absolute atomic E-state index is 11.8. The van der Waals surface area contributed by atoms with Crippen LogP contribution in [0.15, 0.2) is 48.5 Å². The van der Waals surface area contributed by atoms with Crippen LogP contribution in [0, 0.1) is 0 Å². The minimum absolute atomic E-state index is 0.188. The maximum atomic E-state index is 11.8. The summed E-state index contributed by atoms with van der Waals surface area (Å²) in [5.41, 5.74) is 6.19. The summed E-state index contributed by atoms with van der Waals surface area (Å²) in [5.74, 6) is -0.282. The molecule has 2 amide bonds. The molecule has 2 aromatic rings. The van der Waals surface area contributed by atoms with Gasteiger partial charge in [-0.05, 0) is 48.4 Å². The minimum Gasteiger partial charge on any atom is -0.484 e. The van der Waals surface area contributed by atoms with Crippen LogP contribution in [-0.4, -0.2) is 18.4 Å². The normalized spacial score (nSPS) is 10.0. The van der Waals surface area contributed by atoms with Crippen LogP contribution in [0.3, 0.4) is 0 Å². The summed E-state index contributed by atoms with van der Waals surface area (Å²) in [7, 11) is 0. The van der Waals surface area contributed by atoms with Crippen LogP contribution < -0.4 is 15.6 Å². The van der Waals surface area contributed by atoms with E-state index in [0.29, 0.717) is 16.3 Å². The lowest BCUT2D eigenvalue weighted by molar-refractivity contribution is -0.123. The van der Waals surface area contributed by atoms with Crippen LogP contribution in [0.2, 0.25) is 5.02 Å². The van der Waals surface area contributed by atoms with Crippen molar-refractivity contribution in [1.82, 2.24) is 10.9 Å². The topological polar surface area (TPSA) is 67.4 Å². The summed E-state index contributed by atoms with van der Waals surface area (Å²) in [6.07, 6.45) is 0.942. The van der Waals surface area contributed by atoms with Crippen LogP contribution in [0.5, 0.6) is 5.75 Å². The molecule has 2 aromatic carbocycles. The van der Waals surface area contributed by atoms with Gasteiger partial charge < -0.3 is 4.74 Å². The average molecular weight is 333 g/mol. The Balaban J connectivity index is 1.76. The van der Waals surface area contributed by atoms with E-state index in [9.17, 15) is 9.59 Å². The van der Waals surface area contributed by atoms with Crippen molar-refractivity contribution in [2.75, 3.05) is 6.61 Å². The molecule has 5 nitrogen and oxygen atoms in total. The fourth-order valence-electron chi connectivity index (χ4n) is 1.81. The zero-order valence-electron chi connectivity index (χ0n) is 12.6. The van der Waals surface area contributed by atoms with Crippen LogP contribution in [0.1, 0.15) is 22.8 Å². The van der Waals surface area contributed by atoms with Gasteiger partial charge in [0.15, 0.2) is 6.61 Å². The first-order valence-corrected chi connectivity index (χ1v) is 7.52. The summed E-state index contributed by atoms with van der Waals surface area (Å²) in [4.78, 5) is 23.5. The monoisotopic (exact) mass is 332 g/mol. The largest absolute Gasteiger partial charge is 0.484 e. The summed E-state index contributed by atoms with van der Waals surface area (Å²) in [6, 6.07) is 13.8. The molecule has 0 spiro atoms. The lowest BCUT2D eigenvalue weighted by Gasteiger charge is -2.09. The quantitative estimate of drug-likeness (QED) is 0.827. The number of rotatable bonds is 5. The van der Waals surface area contributed by atoms with Crippen molar-refractivity contribution < 1.29 is 14.3 Å². The minimum atomic E-state index is -0.452. The number of benzene rings is 2. The van der Waals surface area contributed by atoms with E-state index in [2.05, 4.69) is 17.8 Å². The van der Waals surface area contributed by atoms with Crippen LogP contribution in [0.25, 0.3) is 0 Å². The van der Waals surface area contributed by atoms with Gasteiger partial charge in [0.05, 0.1) is 0 Å². The standard InChI is InChI=1S/C17H17ClN2O3/c1-2-12-3-9-15(10-4-12)23-11-16(21)19-20-17(22)13-5-7-14(18)8-6-13/h3-10H,2,11H2,1H3,(H,19,21)(H,20,22). The number of aryl methyl sites for hydroxylation is 1. The molecule has 6 heteroatoms. The Morgan fingerprint density at radius 3 is 2.26 bits per heavy atom. The third kappa shape index (κ3) is 5.30. The number of ether oxygens (including phenoxy) is 1. The van der Waals surface area contributed by atoms with Crippen molar-refractivity contribution in [1.29, 1.82) is 0 Å². The maximum Gasteiger partial charge on any atom is 0.276 e. The van der Waals surface area contributed by atoms with Gasteiger partial charge in [-0.3, -0.25) is 20.4 Å². The molecule has 0 heterocycles. The molecule has 0 aliphatic carbocycles. The molecule has 120 valence electrons. The molecule has 0 bridgehead atoms. The molecular weight excluding hydrogens is 316 g/mol. The predicted molar refractivity (Wildman–Crippen MR) is 88.4 cm³/mol. The summed E-state index contributed by atoms with van der Waals surface area (Å²) >= 11 is 5.74. The zero-order valence-corrected chi connectivity index (χ0v) is 13.4. The van der Waals surface area contributed by atoms with E-state index >= 15 is 0 Å². The van der Waals surface area contributed by atoms with Crippen molar-refractivity contribution in [3.63, 3.8) is 0 Å². The Morgan fingerprint density at radius 2 is 1.65 bits per heavy atom. The molecule has 0 saturated carbocycles. The van der Waals surface area contributed by atoms with Crippen molar-refractivity contribution >= 4 is 23.4 Å². The predicted octanol–water partition coefficient (Wildman–Crippen LogP) is 2.74. The smallest absolute Gasteiger partial charge is 0.276 e. The molecule has 0 aromatic heterocycles. The van der Waals surface area contributed by atoms with Crippen LogP contribution in [0.4, 0.5) is 0 Å². The number of hydrogen-bond acceptors (Lipinski definition) is 3. The van der Waals surface area contributed by atoms with Gasteiger partial charge in [-0.25, -0.2) is 0 Å². The van der Waals surface area contributed by atoms with Crippen molar-refractivity contribution in [3.8, 4) is 5.75 Å². The van der Waals surface area contributed by atoms with E-state index in [0.717, 1.165) is 6.42 Å². The second-order valence-corrected chi connectivity index (χ2v) is 5.23. The number of nitrogens with one attached hydrogen (secondary N) is 2. The van der Waals surface area contributed by atoms with Crippen molar-refractivity contribution in [2.24, 2.45) is 0 Å². The fourth-order valence-corrected chi connectivity index (χ4v) is 1.93. The van der Waals surface area contributed by atoms with Crippen molar-refractivity contribution in [3.05, 3.63) is 64.7 Å². The lowest BCUT2D eigenvalue weighted by Crippen LogP contribution is -2.43. The molecule has 0 aliphatic rings. The first kappa shape index (κ1) is 16.8. The summed E-state index contributed by atoms with van der Waals surface area (Å²) < 4.78 is 5.34. The Hall–Kier alpha value is -2.53. The van der Waals surface area contributed by atoms with Gasteiger partial charge in [-0.15, -0.1) is 0 Å². The average Bonchev–Trinajstić information content (AvgIpc) is 2.59. The van der Waals surface area contributed by atoms with E-state index < -0.39 is 11.8 Å². The number of carbonyl (C=O) groups excluding carboxylic acids is 2. The second-order valence-electron chi connectivity index (χ2n) is 4.80. The molecule has 0 radical (unpaired) electrons. The van der Waals surface area contributed by atoms with E-state index in [1.807, 2.05) is 12.1 Å². The van der Waals surface area contributed by atoms with Gasteiger partial charge in [0.1, 0.15) is 5.75 Å². The van der Waals surface area contributed by atoms with Crippen molar-refractivity contribution in [2.45, 2.75) is 13.3 Å². The van der Waals surface area contributed by atoms with E-state index in [1.54, 1.807) is 36.4 Å². The molecule has 0 unspecified atom stereocenters. The number of halogens is 1. The van der Waals surface area contributed by atoms with Gasteiger partial charge in [0.25, 0.3) is 11.8 Å². The van der Waals surface area contributed by atoms with Gasteiger partial charge in [0, 0.05) is 10.6 Å². The highest BCUT2D eigenvalue weighted by Crippen LogP contribution is 2.12. The van der Waals surface area contributed by atoms with Gasteiger partial charge in [-0.2, -0.15) is 0 Å². The first-order chi connectivity index (χ1) is 11.1. The SMILES string of the molecule is CCc1ccc(OCC(=O)NNC(=O)c2ccc(Cl)cc2)cc1. The molecule has 0 atom stereocenters. The third-order valence-electron chi connectivity index (χ3n) is 3.12. The van der Waals surface area contributed by atoms with E-state index in [1.165, 1.54) is 5.56 Å². The number of amides is 2. The Morgan fingerprint density at radius 1 is 1.00 bits per heavy atom. The Bertz CT molecular complexity index is 669. The summed E-state index contributed by atoms with van der Waals surface area (Å²) in [5, 5.41) is 0.535. The van der Waals surface area contributed by atoms with Crippen LogP contribution in [-0.2, 0) is 11.2 Å². The van der Waals surface area contributed by atoms with Gasteiger partial charge >= 0.3 is 0 Å². The second kappa shape index (κ2) is 8.19. The molecule has 0 fully saturated rings. The van der Waals surface area contributed by atoms with E-state index in [-0.39, 0.29) is 6.61 Å². The molecule has 0 saturated heterocycles. The highest BCUT2D eigenvalue weighted by Gasteiger charge is 2.07. The fraction of sp³-hybridized carbons (Fsp3) is 0.176.